The number of halogens is 11. The highest BCUT2D eigenvalue weighted by molar-refractivity contribution is 5.72. The van der Waals surface area contributed by atoms with Gasteiger partial charge in [0, 0.05) is 5.92 Å². The Hall–Kier alpha value is -1.30. The van der Waals surface area contributed by atoms with E-state index in [1.165, 1.54) is 0 Å². The van der Waals surface area contributed by atoms with E-state index in [2.05, 4.69) is 0 Å². The first kappa shape index (κ1) is 28.9. The minimum atomic E-state index is -7.39. The summed E-state index contributed by atoms with van der Waals surface area (Å²) in [5, 5.41) is 0. The maximum atomic E-state index is 14.3. The molecule has 2 rings (SSSR count). The zero-order chi connectivity index (χ0) is 26.2. The Morgan fingerprint density at radius 1 is 0.706 bits per heavy atom. The zero-order valence-electron chi connectivity index (χ0n) is 18.4. The molecule has 0 radical (unpaired) electrons. The van der Waals surface area contributed by atoms with Crippen LogP contribution in [-0.2, 0) is 9.53 Å². The van der Waals surface area contributed by atoms with Crippen molar-refractivity contribution < 1.29 is 57.8 Å². The van der Waals surface area contributed by atoms with Crippen LogP contribution in [0.2, 0.25) is 0 Å². The number of rotatable bonds is 8. The summed E-state index contributed by atoms with van der Waals surface area (Å²) in [6.07, 6.45) is -5.43. The first-order chi connectivity index (χ1) is 15.4. The molecule has 34 heavy (non-hydrogen) atoms. The summed E-state index contributed by atoms with van der Waals surface area (Å²) in [6.45, 7) is 2.05. The van der Waals surface area contributed by atoms with E-state index in [4.69, 9.17) is 4.74 Å². The van der Waals surface area contributed by atoms with Gasteiger partial charge in [-0.25, -0.2) is 0 Å². The molecule has 0 aromatic heterocycles. The molecule has 0 aromatic carbocycles. The maximum Gasteiger partial charge on any atom is 0.460 e. The first-order valence-corrected chi connectivity index (χ1v) is 11.2. The zero-order valence-corrected chi connectivity index (χ0v) is 18.4. The molecule has 0 bridgehead atoms. The Labute approximate surface area is 189 Å². The third-order valence-corrected chi connectivity index (χ3v) is 6.91. The Morgan fingerprint density at radius 3 is 1.65 bits per heavy atom. The Morgan fingerprint density at radius 2 is 1.21 bits per heavy atom. The van der Waals surface area contributed by atoms with E-state index in [-0.39, 0.29) is 6.10 Å². The van der Waals surface area contributed by atoms with Gasteiger partial charge in [0.1, 0.15) is 6.10 Å². The molecule has 2 aliphatic carbocycles. The van der Waals surface area contributed by atoms with Crippen LogP contribution in [-0.4, -0.2) is 41.9 Å². The standard InChI is InChI=1S/C21H27F11O2/c1-2-3-12-4-10-15(11-5-12)34-16(33)13-6-8-14(9-7-13)17(22,23)18(24,25)19(26,27)20(28,29)21(30,31)32/h12-15H,2-11H2,1H3. The maximum absolute atomic E-state index is 14.3. The molecule has 0 atom stereocenters. The highest BCUT2D eigenvalue weighted by atomic mass is 19.4. The highest BCUT2D eigenvalue weighted by Gasteiger charge is 2.87. The number of carbonyl (C=O) groups excluding carboxylic acids is 1. The van der Waals surface area contributed by atoms with E-state index in [1.54, 1.807) is 0 Å². The van der Waals surface area contributed by atoms with Crippen LogP contribution in [0.1, 0.15) is 71.1 Å². The first-order valence-electron chi connectivity index (χ1n) is 11.2. The largest absolute Gasteiger partial charge is 0.462 e. The second kappa shape index (κ2) is 9.99. The molecule has 0 N–H and O–H groups in total. The van der Waals surface area contributed by atoms with Crippen LogP contribution >= 0.6 is 0 Å². The van der Waals surface area contributed by atoms with E-state index in [1.807, 2.05) is 6.92 Å². The molecule has 0 aliphatic heterocycles. The van der Waals surface area contributed by atoms with Gasteiger partial charge in [0.15, 0.2) is 0 Å². The summed E-state index contributed by atoms with van der Waals surface area (Å²) in [7, 11) is 0. The number of alkyl halides is 11. The predicted octanol–water partition coefficient (Wildman–Crippen LogP) is 7.80. The average molecular weight is 520 g/mol. The van der Waals surface area contributed by atoms with Crippen LogP contribution < -0.4 is 0 Å². The van der Waals surface area contributed by atoms with Crippen molar-refractivity contribution in [3.63, 3.8) is 0 Å². The minimum absolute atomic E-state index is 0.382. The van der Waals surface area contributed by atoms with Crippen LogP contribution in [0.15, 0.2) is 0 Å². The summed E-state index contributed by atoms with van der Waals surface area (Å²) in [6, 6.07) is 0. The van der Waals surface area contributed by atoms with Gasteiger partial charge in [0.2, 0.25) is 0 Å². The molecule has 200 valence electrons. The second-order valence-electron chi connectivity index (χ2n) is 9.26. The van der Waals surface area contributed by atoms with Crippen molar-refractivity contribution in [2.75, 3.05) is 0 Å². The molecular formula is C21H27F11O2. The third kappa shape index (κ3) is 5.27. The highest BCUT2D eigenvalue weighted by Crippen LogP contribution is 2.60. The molecule has 0 spiro atoms. The van der Waals surface area contributed by atoms with Gasteiger partial charge < -0.3 is 4.74 Å². The lowest BCUT2D eigenvalue weighted by molar-refractivity contribution is -0.427. The molecule has 0 saturated heterocycles. The monoisotopic (exact) mass is 520 g/mol. The third-order valence-electron chi connectivity index (χ3n) is 6.91. The van der Waals surface area contributed by atoms with Crippen LogP contribution in [0.3, 0.4) is 0 Å². The fraction of sp³-hybridized carbons (Fsp3) is 0.952. The van der Waals surface area contributed by atoms with Gasteiger partial charge in [-0.2, -0.15) is 48.3 Å². The van der Waals surface area contributed by atoms with Gasteiger partial charge in [-0.15, -0.1) is 0 Å². The second-order valence-corrected chi connectivity index (χ2v) is 9.26. The molecule has 13 heteroatoms. The van der Waals surface area contributed by atoms with E-state index in [9.17, 15) is 53.1 Å². The van der Waals surface area contributed by atoms with Crippen LogP contribution in [0, 0.1) is 17.8 Å². The van der Waals surface area contributed by atoms with Crippen molar-refractivity contribution >= 4 is 5.97 Å². The Bertz CT molecular complexity index is 689. The van der Waals surface area contributed by atoms with Crippen molar-refractivity contribution in [1.82, 2.24) is 0 Å². The SMILES string of the molecule is CCCC1CCC(OC(=O)C2CCC(C(F)(F)C(F)(F)C(F)(F)C(F)(F)C(F)(F)F)CC2)CC1. The normalized spacial score (nSPS) is 28.0. The number of ether oxygens (including phenoxy) is 1. The molecule has 0 amide bonds. The van der Waals surface area contributed by atoms with Gasteiger partial charge in [0.25, 0.3) is 0 Å². The summed E-state index contributed by atoms with van der Waals surface area (Å²) in [5.74, 6) is -31.5. The van der Waals surface area contributed by atoms with E-state index in [0.29, 0.717) is 18.8 Å². The topological polar surface area (TPSA) is 26.3 Å². The predicted molar refractivity (Wildman–Crippen MR) is 98.0 cm³/mol. The molecule has 0 heterocycles. The molecule has 2 fully saturated rings. The Balaban J connectivity index is 2.00. The van der Waals surface area contributed by atoms with E-state index >= 15 is 0 Å². The summed E-state index contributed by atoms with van der Waals surface area (Å²) in [4.78, 5) is 12.3. The Kier molecular flexibility index (Phi) is 8.50. The number of esters is 1. The lowest BCUT2D eigenvalue weighted by Gasteiger charge is -2.41. The molecule has 0 aromatic rings. The lowest BCUT2D eigenvalue weighted by atomic mass is 9.76. The minimum Gasteiger partial charge on any atom is -0.462 e. The number of hydrogen-bond donors (Lipinski definition) is 0. The molecule has 2 saturated carbocycles. The van der Waals surface area contributed by atoms with Crippen molar-refractivity contribution in [2.24, 2.45) is 17.8 Å². The van der Waals surface area contributed by atoms with Gasteiger partial charge in [0.05, 0.1) is 5.92 Å². The van der Waals surface area contributed by atoms with E-state index < -0.39 is 73.4 Å². The van der Waals surface area contributed by atoms with Crippen LogP contribution in [0.5, 0.6) is 0 Å². The van der Waals surface area contributed by atoms with Gasteiger partial charge in [-0.05, 0) is 57.3 Å². The van der Waals surface area contributed by atoms with Crippen LogP contribution in [0.25, 0.3) is 0 Å². The quantitative estimate of drug-likeness (QED) is 0.241. The van der Waals surface area contributed by atoms with Crippen molar-refractivity contribution in [3.05, 3.63) is 0 Å². The average Bonchev–Trinajstić information content (AvgIpc) is 2.74. The molecule has 0 unspecified atom stereocenters. The molecule has 2 nitrogen and oxygen atoms in total. The van der Waals surface area contributed by atoms with Gasteiger partial charge >= 0.3 is 35.8 Å². The fourth-order valence-electron chi connectivity index (χ4n) is 4.74. The number of carbonyl (C=O) groups is 1. The summed E-state index contributed by atoms with van der Waals surface area (Å²) in [5.41, 5.74) is 0. The van der Waals surface area contributed by atoms with E-state index in [0.717, 1.165) is 25.7 Å². The smallest absolute Gasteiger partial charge is 0.460 e. The molecule has 2 aliphatic rings. The lowest BCUT2D eigenvalue weighted by Crippen LogP contribution is -2.67. The van der Waals surface area contributed by atoms with Gasteiger partial charge in [-0.1, -0.05) is 19.8 Å². The molecular weight excluding hydrogens is 493 g/mol. The summed E-state index contributed by atoms with van der Waals surface area (Å²) >= 11 is 0. The van der Waals surface area contributed by atoms with Crippen molar-refractivity contribution in [3.8, 4) is 0 Å². The summed E-state index contributed by atoms with van der Waals surface area (Å²) < 4.78 is 151. The fourth-order valence-corrected chi connectivity index (χ4v) is 4.74. The van der Waals surface area contributed by atoms with Crippen molar-refractivity contribution in [1.29, 1.82) is 0 Å². The van der Waals surface area contributed by atoms with Crippen molar-refractivity contribution in [2.45, 2.75) is 107 Å². The van der Waals surface area contributed by atoms with Gasteiger partial charge in [-0.3, -0.25) is 4.79 Å². The van der Waals surface area contributed by atoms with Crippen LogP contribution in [0.4, 0.5) is 48.3 Å². The number of hydrogen-bond acceptors (Lipinski definition) is 2.